The van der Waals surface area contributed by atoms with Gasteiger partial charge in [-0.1, -0.05) is 18.2 Å². The molecule has 0 saturated carbocycles. The second-order valence-electron chi connectivity index (χ2n) is 4.59. The molecule has 0 radical (unpaired) electrons. The highest BCUT2D eigenvalue weighted by Crippen LogP contribution is 2.31. The number of aliphatic hydroxyl groups excluding tert-OH is 1. The molecule has 1 aliphatic heterocycles. The Labute approximate surface area is 116 Å². The first-order chi connectivity index (χ1) is 9.24. The van der Waals surface area contributed by atoms with Gasteiger partial charge in [0.1, 0.15) is 6.10 Å². The summed E-state index contributed by atoms with van der Waals surface area (Å²) in [7, 11) is 0. The molecule has 0 bridgehead atoms. The van der Waals surface area contributed by atoms with Crippen LogP contribution < -0.4 is 0 Å². The van der Waals surface area contributed by atoms with Crippen LogP contribution in [0.15, 0.2) is 36.4 Å². The molecule has 4 heteroatoms. The van der Waals surface area contributed by atoms with Crippen molar-refractivity contribution in [3.8, 4) is 0 Å². The highest BCUT2D eigenvalue weighted by molar-refractivity contribution is 7.12. The number of hydrogen-bond acceptors (Lipinski definition) is 4. The lowest BCUT2D eigenvalue weighted by molar-refractivity contribution is -0.0442. The van der Waals surface area contributed by atoms with Crippen molar-refractivity contribution in [1.29, 1.82) is 0 Å². The van der Waals surface area contributed by atoms with Gasteiger partial charge in [-0.3, -0.25) is 0 Å². The van der Waals surface area contributed by atoms with E-state index in [1.54, 1.807) is 11.3 Å². The van der Waals surface area contributed by atoms with E-state index in [9.17, 15) is 5.11 Å². The molecule has 3 nitrogen and oxygen atoms in total. The lowest BCUT2D eigenvalue weighted by Crippen LogP contribution is -2.02. The third-order valence-electron chi connectivity index (χ3n) is 3.15. The van der Waals surface area contributed by atoms with Gasteiger partial charge in [0.25, 0.3) is 0 Å². The maximum atomic E-state index is 10.4. The molecular formula is C15H16O3S. The molecule has 1 N–H and O–H groups in total. The van der Waals surface area contributed by atoms with Crippen molar-refractivity contribution in [3.05, 3.63) is 57.3 Å². The maximum Gasteiger partial charge on any atom is 0.184 e. The summed E-state index contributed by atoms with van der Waals surface area (Å²) in [5.41, 5.74) is 1.83. The Balaban J connectivity index is 1.86. The topological polar surface area (TPSA) is 38.7 Å². The summed E-state index contributed by atoms with van der Waals surface area (Å²) < 4.78 is 11.0. The molecule has 1 aromatic heterocycles. The molecule has 0 amide bonds. The quantitative estimate of drug-likeness (QED) is 0.935. The minimum absolute atomic E-state index is 0.294. The Hall–Kier alpha value is -1.20. The number of ether oxygens (including phenoxy) is 2. The number of rotatable bonds is 3. The van der Waals surface area contributed by atoms with Gasteiger partial charge in [-0.15, -0.1) is 11.3 Å². The fraction of sp³-hybridized carbons (Fsp3) is 0.333. The van der Waals surface area contributed by atoms with E-state index in [1.807, 2.05) is 43.3 Å². The lowest BCUT2D eigenvalue weighted by atomic mass is 10.0. The van der Waals surface area contributed by atoms with E-state index in [0.717, 1.165) is 16.0 Å². The molecule has 1 saturated heterocycles. The first-order valence-electron chi connectivity index (χ1n) is 6.31. The minimum Gasteiger partial charge on any atom is -0.383 e. The minimum atomic E-state index is -0.583. The highest BCUT2D eigenvalue weighted by Gasteiger charge is 2.20. The Morgan fingerprint density at radius 3 is 2.68 bits per heavy atom. The van der Waals surface area contributed by atoms with Crippen molar-refractivity contribution in [1.82, 2.24) is 0 Å². The van der Waals surface area contributed by atoms with Gasteiger partial charge in [-0.2, -0.15) is 0 Å². The van der Waals surface area contributed by atoms with E-state index < -0.39 is 6.10 Å². The lowest BCUT2D eigenvalue weighted by Gasteiger charge is -2.13. The third-order valence-corrected chi connectivity index (χ3v) is 4.20. The number of thiophene rings is 1. The average Bonchev–Trinajstić information content (AvgIpc) is 3.09. The van der Waals surface area contributed by atoms with E-state index in [1.165, 1.54) is 4.88 Å². The van der Waals surface area contributed by atoms with Crippen LogP contribution in [0.3, 0.4) is 0 Å². The monoisotopic (exact) mass is 276 g/mol. The van der Waals surface area contributed by atoms with Gasteiger partial charge in [-0.05, 0) is 30.7 Å². The molecule has 100 valence electrons. The van der Waals surface area contributed by atoms with Crippen LogP contribution in [0.1, 0.15) is 33.3 Å². The van der Waals surface area contributed by atoms with Crippen LogP contribution >= 0.6 is 11.3 Å². The van der Waals surface area contributed by atoms with E-state index in [4.69, 9.17) is 9.47 Å². The molecule has 2 aromatic rings. The predicted molar refractivity (Wildman–Crippen MR) is 74.2 cm³/mol. The van der Waals surface area contributed by atoms with Crippen molar-refractivity contribution in [2.75, 3.05) is 13.2 Å². The standard InChI is InChI=1S/C15H16O3S/c1-10-5-6-13(19-10)14(16)11-3-2-4-12(9-11)15-17-7-8-18-15/h2-6,9,14-16H,7-8H2,1H3. The smallest absolute Gasteiger partial charge is 0.184 e. The summed E-state index contributed by atoms with van der Waals surface area (Å²) in [5, 5.41) is 10.4. The molecule has 0 spiro atoms. The van der Waals surface area contributed by atoms with Crippen LogP contribution in [0, 0.1) is 6.92 Å². The molecule has 3 rings (SSSR count). The SMILES string of the molecule is Cc1ccc(C(O)c2cccc(C3OCCO3)c2)s1. The number of aryl methyl sites for hydroxylation is 1. The van der Waals surface area contributed by atoms with Gasteiger partial charge in [0.05, 0.1) is 13.2 Å². The Morgan fingerprint density at radius 1 is 1.21 bits per heavy atom. The second kappa shape index (κ2) is 5.43. The van der Waals surface area contributed by atoms with E-state index in [2.05, 4.69) is 0 Å². The molecule has 1 unspecified atom stereocenters. The Bertz CT molecular complexity index is 558. The van der Waals surface area contributed by atoms with Gasteiger partial charge in [0.15, 0.2) is 6.29 Å². The third kappa shape index (κ3) is 2.72. The summed E-state index contributed by atoms with van der Waals surface area (Å²) in [5.74, 6) is 0. The second-order valence-corrected chi connectivity index (χ2v) is 5.91. The number of hydrogen-bond donors (Lipinski definition) is 1. The predicted octanol–water partition coefficient (Wildman–Crippen LogP) is 3.18. The largest absolute Gasteiger partial charge is 0.383 e. The first-order valence-corrected chi connectivity index (χ1v) is 7.13. The molecule has 1 atom stereocenters. The Morgan fingerprint density at radius 2 is 2.00 bits per heavy atom. The molecule has 19 heavy (non-hydrogen) atoms. The van der Waals surface area contributed by atoms with Crippen LogP contribution in [0.25, 0.3) is 0 Å². The van der Waals surface area contributed by atoms with Crippen molar-refractivity contribution < 1.29 is 14.6 Å². The molecular weight excluding hydrogens is 260 g/mol. The molecule has 1 fully saturated rings. The van der Waals surface area contributed by atoms with Crippen molar-refractivity contribution >= 4 is 11.3 Å². The molecule has 0 aliphatic carbocycles. The summed E-state index contributed by atoms with van der Waals surface area (Å²) >= 11 is 1.62. The first kappa shape index (κ1) is 12.8. The summed E-state index contributed by atoms with van der Waals surface area (Å²) in [6.07, 6.45) is -0.878. The van der Waals surface area contributed by atoms with Gasteiger partial charge in [0, 0.05) is 15.3 Å². The molecule has 2 heterocycles. The van der Waals surface area contributed by atoms with Crippen LogP contribution in [0.5, 0.6) is 0 Å². The summed E-state index contributed by atoms with van der Waals surface area (Å²) in [6, 6.07) is 11.8. The van der Waals surface area contributed by atoms with Gasteiger partial charge in [0.2, 0.25) is 0 Å². The summed E-state index contributed by atoms with van der Waals surface area (Å²) in [4.78, 5) is 2.16. The molecule has 1 aliphatic rings. The van der Waals surface area contributed by atoms with Crippen LogP contribution in [0.4, 0.5) is 0 Å². The van der Waals surface area contributed by atoms with Crippen molar-refractivity contribution in [2.24, 2.45) is 0 Å². The van der Waals surface area contributed by atoms with Gasteiger partial charge < -0.3 is 14.6 Å². The van der Waals surface area contributed by atoms with Crippen LogP contribution in [-0.2, 0) is 9.47 Å². The highest BCUT2D eigenvalue weighted by atomic mass is 32.1. The van der Waals surface area contributed by atoms with Crippen molar-refractivity contribution in [3.63, 3.8) is 0 Å². The van der Waals surface area contributed by atoms with E-state index in [-0.39, 0.29) is 6.29 Å². The zero-order chi connectivity index (χ0) is 13.2. The number of aliphatic hydroxyl groups is 1. The van der Waals surface area contributed by atoms with Crippen LogP contribution in [-0.4, -0.2) is 18.3 Å². The van der Waals surface area contributed by atoms with Gasteiger partial charge >= 0.3 is 0 Å². The zero-order valence-corrected chi connectivity index (χ0v) is 11.5. The zero-order valence-electron chi connectivity index (χ0n) is 10.7. The van der Waals surface area contributed by atoms with Crippen LogP contribution in [0.2, 0.25) is 0 Å². The number of benzene rings is 1. The normalized spacial score (nSPS) is 17.8. The molecule has 1 aromatic carbocycles. The van der Waals surface area contributed by atoms with Crippen molar-refractivity contribution in [2.45, 2.75) is 19.3 Å². The van der Waals surface area contributed by atoms with E-state index >= 15 is 0 Å². The fourth-order valence-electron chi connectivity index (χ4n) is 2.19. The fourth-order valence-corrected chi connectivity index (χ4v) is 3.08. The Kier molecular flexibility index (Phi) is 3.66. The average molecular weight is 276 g/mol. The maximum absolute atomic E-state index is 10.4. The van der Waals surface area contributed by atoms with Gasteiger partial charge in [-0.25, -0.2) is 0 Å². The summed E-state index contributed by atoms with van der Waals surface area (Å²) in [6.45, 7) is 3.29. The van der Waals surface area contributed by atoms with E-state index in [0.29, 0.717) is 13.2 Å².